The lowest BCUT2D eigenvalue weighted by Crippen LogP contribution is -2.24. The molecular weight excluding hydrogens is 320 g/mol. The molecule has 0 fully saturated rings. The third-order valence-electron chi connectivity index (χ3n) is 3.41. The van der Waals surface area contributed by atoms with Crippen LogP contribution in [0.25, 0.3) is 10.2 Å². The first kappa shape index (κ1) is 15.5. The Hall–Kier alpha value is -2.35. The molecule has 1 aromatic carbocycles. The minimum atomic E-state index is -0.884. The van der Waals surface area contributed by atoms with Gasteiger partial charge in [-0.3, -0.25) is 4.68 Å². The maximum atomic E-state index is 13.4. The van der Waals surface area contributed by atoms with Crippen molar-refractivity contribution in [3.8, 4) is 0 Å². The summed E-state index contributed by atoms with van der Waals surface area (Å²) in [5.41, 5.74) is 1.38. The molecule has 0 saturated heterocycles. The standard InChI is InChI=1S/C15H15F2N5S/c1-3-4-5-22(9-10-8-18-20-21(10)2)15-19-13-6-11(16)12(17)7-14(13)23-15/h3-4,6-8H,5,9H2,1-2H3/b4-3+. The molecule has 0 N–H and O–H groups in total. The molecule has 0 radical (unpaired) electrons. The van der Waals surface area contributed by atoms with Crippen molar-refractivity contribution >= 4 is 26.7 Å². The molecule has 3 aromatic rings. The highest BCUT2D eigenvalue weighted by atomic mass is 32.1. The summed E-state index contributed by atoms with van der Waals surface area (Å²) in [5.74, 6) is -1.74. The van der Waals surface area contributed by atoms with E-state index in [9.17, 15) is 8.78 Å². The average molecular weight is 335 g/mol. The summed E-state index contributed by atoms with van der Waals surface area (Å²) >= 11 is 1.33. The maximum Gasteiger partial charge on any atom is 0.187 e. The van der Waals surface area contributed by atoms with Gasteiger partial charge in [0.2, 0.25) is 0 Å². The Bertz CT molecular complexity index is 816. The lowest BCUT2D eigenvalue weighted by Gasteiger charge is -2.19. The molecular formula is C15H15F2N5S. The second-order valence-electron chi connectivity index (χ2n) is 5.03. The molecule has 5 nitrogen and oxygen atoms in total. The van der Waals surface area contributed by atoms with E-state index in [1.807, 2.05) is 31.0 Å². The number of aromatic nitrogens is 4. The van der Waals surface area contributed by atoms with Gasteiger partial charge in [0.15, 0.2) is 16.8 Å². The van der Waals surface area contributed by atoms with E-state index in [-0.39, 0.29) is 0 Å². The van der Waals surface area contributed by atoms with Gasteiger partial charge in [0, 0.05) is 19.7 Å². The predicted molar refractivity (Wildman–Crippen MR) is 86.4 cm³/mol. The van der Waals surface area contributed by atoms with E-state index in [1.165, 1.54) is 17.4 Å². The minimum Gasteiger partial charge on any atom is -0.338 e. The number of rotatable bonds is 5. The van der Waals surface area contributed by atoms with E-state index in [0.29, 0.717) is 28.4 Å². The zero-order valence-corrected chi connectivity index (χ0v) is 13.5. The quantitative estimate of drug-likeness (QED) is 0.671. The molecule has 3 rings (SSSR count). The van der Waals surface area contributed by atoms with E-state index < -0.39 is 11.6 Å². The summed E-state index contributed by atoms with van der Waals surface area (Å²) in [6, 6.07) is 2.31. The summed E-state index contributed by atoms with van der Waals surface area (Å²) in [6.07, 6.45) is 5.63. The van der Waals surface area contributed by atoms with Crippen molar-refractivity contribution in [1.29, 1.82) is 0 Å². The first-order chi connectivity index (χ1) is 11.1. The van der Waals surface area contributed by atoms with Crippen molar-refractivity contribution < 1.29 is 8.78 Å². The van der Waals surface area contributed by atoms with Gasteiger partial charge >= 0.3 is 0 Å². The van der Waals surface area contributed by atoms with Crippen LogP contribution in [0.2, 0.25) is 0 Å². The van der Waals surface area contributed by atoms with Gasteiger partial charge in [0.25, 0.3) is 0 Å². The number of nitrogens with zero attached hydrogens (tertiary/aromatic N) is 5. The van der Waals surface area contributed by atoms with Gasteiger partial charge < -0.3 is 4.90 Å². The van der Waals surface area contributed by atoms with Crippen LogP contribution in [0.4, 0.5) is 13.9 Å². The van der Waals surface area contributed by atoms with Crippen molar-refractivity contribution in [2.24, 2.45) is 7.05 Å². The van der Waals surface area contributed by atoms with Crippen LogP contribution < -0.4 is 4.90 Å². The van der Waals surface area contributed by atoms with Gasteiger partial charge in [-0.2, -0.15) is 0 Å². The van der Waals surface area contributed by atoms with Gasteiger partial charge in [-0.15, -0.1) is 5.10 Å². The first-order valence-corrected chi connectivity index (χ1v) is 7.85. The summed E-state index contributed by atoms with van der Waals surface area (Å²) in [7, 11) is 1.82. The molecule has 8 heteroatoms. The molecule has 120 valence electrons. The van der Waals surface area contributed by atoms with E-state index in [2.05, 4.69) is 15.3 Å². The van der Waals surface area contributed by atoms with E-state index in [4.69, 9.17) is 0 Å². The van der Waals surface area contributed by atoms with Crippen molar-refractivity contribution in [2.75, 3.05) is 11.4 Å². The Balaban J connectivity index is 1.97. The Morgan fingerprint density at radius 2 is 2.09 bits per heavy atom. The van der Waals surface area contributed by atoms with E-state index in [1.54, 1.807) is 10.9 Å². The second-order valence-corrected chi connectivity index (χ2v) is 6.04. The van der Waals surface area contributed by atoms with Crippen molar-refractivity contribution in [3.05, 3.63) is 47.8 Å². The fourth-order valence-corrected chi connectivity index (χ4v) is 3.12. The number of fused-ring (bicyclic) bond motifs is 1. The molecule has 0 amide bonds. The number of halogens is 2. The monoisotopic (exact) mass is 335 g/mol. The zero-order chi connectivity index (χ0) is 16.4. The Morgan fingerprint density at radius 3 is 2.78 bits per heavy atom. The largest absolute Gasteiger partial charge is 0.338 e. The summed E-state index contributed by atoms with van der Waals surface area (Å²) in [4.78, 5) is 6.44. The second kappa shape index (κ2) is 6.41. The Morgan fingerprint density at radius 1 is 1.30 bits per heavy atom. The Kier molecular flexibility index (Phi) is 4.33. The molecule has 2 heterocycles. The highest BCUT2D eigenvalue weighted by Crippen LogP contribution is 2.31. The molecule has 23 heavy (non-hydrogen) atoms. The SMILES string of the molecule is C/C=C/CN(Cc1cnnn1C)c1nc2cc(F)c(F)cc2s1. The van der Waals surface area contributed by atoms with Gasteiger partial charge in [0.1, 0.15) is 0 Å². The Labute approximate surface area is 135 Å². The average Bonchev–Trinajstić information content (AvgIpc) is 3.10. The van der Waals surface area contributed by atoms with Crippen LogP contribution in [0.15, 0.2) is 30.5 Å². The van der Waals surface area contributed by atoms with Crippen LogP contribution in [-0.4, -0.2) is 26.5 Å². The summed E-state index contributed by atoms with van der Waals surface area (Å²) in [6.45, 7) is 3.12. The number of thiazole rings is 1. The molecule has 0 aliphatic rings. The number of aryl methyl sites for hydroxylation is 1. The highest BCUT2D eigenvalue weighted by Gasteiger charge is 2.15. The van der Waals surface area contributed by atoms with Crippen LogP contribution in [-0.2, 0) is 13.6 Å². The minimum absolute atomic E-state index is 0.456. The molecule has 0 spiro atoms. The van der Waals surface area contributed by atoms with Crippen LogP contribution in [0, 0.1) is 11.6 Å². The molecule has 0 aliphatic carbocycles. The van der Waals surface area contributed by atoms with Gasteiger partial charge in [-0.05, 0) is 13.0 Å². The van der Waals surface area contributed by atoms with Crippen molar-refractivity contribution in [2.45, 2.75) is 13.5 Å². The van der Waals surface area contributed by atoms with Crippen LogP contribution in [0.3, 0.4) is 0 Å². The molecule has 0 unspecified atom stereocenters. The normalized spacial score (nSPS) is 11.7. The predicted octanol–water partition coefficient (Wildman–Crippen LogP) is 3.29. The third-order valence-corrected chi connectivity index (χ3v) is 4.49. The maximum absolute atomic E-state index is 13.4. The molecule has 0 saturated carbocycles. The van der Waals surface area contributed by atoms with Crippen LogP contribution >= 0.6 is 11.3 Å². The lowest BCUT2D eigenvalue weighted by molar-refractivity contribution is 0.511. The van der Waals surface area contributed by atoms with E-state index in [0.717, 1.165) is 11.8 Å². The highest BCUT2D eigenvalue weighted by molar-refractivity contribution is 7.22. The van der Waals surface area contributed by atoms with E-state index >= 15 is 0 Å². The van der Waals surface area contributed by atoms with Crippen LogP contribution in [0.1, 0.15) is 12.6 Å². The molecule has 0 atom stereocenters. The number of benzene rings is 1. The molecule has 0 aliphatic heterocycles. The third kappa shape index (κ3) is 3.21. The van der Waals surface area contributed by atoms with Gasteiger partial charge in [-0.25, -0.2) is 13.8 Å². The van der Waals surface area contributed by atoms with Crippen molar-refractivity contribution in [1.82, 2.24) is 20.0 Å². The number of hydrogen-bond donors (Lipinski definition) is 0. The van der Waals surface area contributed by atoms with Gasteiger partial charge in [-0.1, -0.05) is 28.7 Å². The fraction of sp³-hybridized carbons (Fsp3) is 0.267. The fourth-order valence-electron chi connectivity index (χ4n) is 2.14. The summed E-state index contributed by atoms with van der Waals surface area (Å²) in [5, 5.41) is 8.48. The van der Waals surface area contributed by atoms with Crippen LogP contribution in [0.5, 0.6) is 0 Å². The molecule has 2 aromatic heterocycles. The first-order valence-electron chi connectivity index (χ1n) is 7.03. The number of anilines is 1. The van der Waals surface area contributed by atoms with Crippen molar-refractivity contribution in [3.63, 3.8) is 0 Å². The summed E-state index contributed by atoms with van der Waals surface area (Å²) < 4.78 is 29.1. The number of hydrogen-bond acceptors (Lipinski definition) is 5. The zero-order valence-electron chi connectivity index (χ0n) is 12.7. The smallest absolute Gasteiger partial charge is 0.187 e. The molecule has 0 bridgehead atoms. The lowest BCUT2D eigenvalue weighted by atomic mass is 10.3. The topological polar surface area (TPSA) is 46.8 Å². The number of allylic oxidation sites excluding steroid dienone is 1. The van der Waals surface area contributed by atoms with Gasteiger partial charge in [0.05, 0.1) is 28.7 Å².